The van der Waals surface area contributed by atoms with Crippen molar-refractivity contribution >= 4 is 37.5 Å². The Morgan fingerprint density at radius 3 is 1.50 bits per heavy atom. The van der Waals surface area contributed by atoms with Gasteiger partial charge in [0.2, 0.25) is 0 Å². The molecule has 2 rings (SSSR count). The third-order valence-electron chi connectivity index (χ3n) is 1.67. The fourth-order valence-electron chi connectivity index (χ4n) is 1.09. The van der Waals surface area contributed by atoms with Gasteiger partial charge in [-0.25, -0.2) is 0 Å². The Morgan fingerprint density at radius 1 is 0.786 bits per heavy atom. The number of hydrogen-bond acceptors (Lipinski definition) is 1. The second-order valence-corrected chi connectivity index (χ2v) is 5.96. The first-order valence-electron chi connectivity index (χ1n) is 4.20. The first-order chi connectivity index (χ1) is 6.84. The zero-order chi connectivity index (χ0) is 9.80. The van der Waals surface area contributed by atoms with E-state index < -0.39 is 0 Å². The van der Waals surface area contributed by atoms with E-state index in [1.165, 1.54) is 0 Å². The number of hydrogen-bond donors (Lipinski definition) is 0. The molecule has 0 aromatic rings. The molecule has 0 atom stereocenters. The van der Waals surface area contributed by atoms with Gasteiger partial charge in [-0.1, -0.05) is 24.3 Å². The maximum absolute atomic E-state index is 11.5. The van der Waals surface area contributed by atoms with Crippen molar-refractivity contribution in [2.45, 2.75) is 0 Å². The van der Waals surface area contributed by atoms with Crippen molar-refractivity contribution < 1.29 is 4.79 Å². The Balaban J connectivity index is 2.10. The lowest BCUT2D eigenvalue weighted by atomic mass is 10.5. The SMILES string of the molecule is O=C(C=S1C=CC=C1)C=S1C=CC=C1. The van der Waals surface area contributed by atoms with Crippen molar-refractivity contribution in [3.05, 3.63) is 45.9 Å². The van der Waals surface area contributed by atoms with E-state index in [1.54, 1.807) is 10.7 Å². The highest BCUT2D eigenvalue weighted by molar-refractivity contribution is 8.23. The van der Waals surface area contributed by atoms with Gasteiger partial charge in [0.1, 0.15) is 0 Å². The van der Waals surface area contributed by atoms with Gasteiger partial charge < -0.3 is 0 Å². The lowest BCUT2D eigenvalue weighted by molar-refractivity contribution is -0.106. The van der Waals surface area contributed by atoms with Crippen LogP contribution in [0.25, 0.3) is 0 Å². The minimum atomic E-state index is -0.0680. The van der Waals surface area contributed by atoms with Crippen molar-refractivity contribution in [3.8, 4) is 0 Å². The van der Waals surface area contributed by atoms with Gasteiger partial charge in [-0.05, 0) is 21.6 Å². The van der Waals surface area contributed by atoms with Crippen LogP contribution in [0.3, 0.4) is 0 Å². The van der Waals surface area contributed by atoms with Crippen molar-refractivity contribution in [2.75, 3.05) is 0 Å². The van der Waals surface area contributed by atoms with Gasteiger partial charge in [0.25, 0.3) is 0 Å². The summed E-state index contributed by atoms with van der Waals surface area (Å²) in [6, 6.07) is 0. The molecule has 0 fully saturated rings. The van der Waals surface area contributed by atoms with Crippen molar-refractivity contribution in [2.24, 2.45) is 0 Å². The van der Waals surface area contributed by atoms with Crippen molar-refractivity contribution in [1.82, 2.24) is 0 Å². The molecule has 0 aliphatic carbocycles. The van der Waals surface area contributed by atoms with Gasteiger partial charge in [-0.3, -0.25) is 4.79 Å². The van der Waals surface area contributed by atoms with Crippen LogP contribution in [-0.2, 0) is 4.79 Å². The summed E-state index contributed by atoms with van der Waals surface area (Å²) in [5, 5.41) is 11.7. The third kappa shape index (κ3) is 2.53. The predicted octanol–water partition coefficient (Wildman–Crippen LogP) is 2.78. The monoisotopic (exact) mass is 222 g/mol. The molecule has 0 aromatic heterocycles. The van der Waals surface area contributed by atoms with Crippen LogP contribution < -0.4 is 0 Å². The minimum absolute atomic E-state index is 0.0680. The predicted molar refractivity (Wildman–Crippen MR) is 68.9 cm³/mol. The first-order valence-corrected chi connectivity index (χ1v) is 7.02. The Labute approximate surface area is 88.4 Å². The fourth-order valence-corrected chi connectivity index (χ4v) is 3.43. The van der Waals surface area contributed by atoms with Crippen LogP contribution in [0.15, 0.2) is 45.9 Å². The molecule has 0 unspecified atom stereocenters. The fraction of sp³-hybridized carbons (Fsp3) is 0. The third-order valence-corrected chi connectivity index (χ3v) is 4.56. The number of Topliss-reactive ketones (excluding diaryl/α,β-unsaturated/α-hetero) is 1. The summed E-state index contributed by atoms with van der Waals surface area (Å²) in [4.78, 5) is 11.5. The topological polar surface area (TPSA) is 17.1 Å². The second-order valence-electron chi connectivity index (χ2n) is 2.77. The first kappa shape index (κ1) is 9.62. The largest absolute Gasteiger partial charge is 0.289 e. The van der Waals surface area contributed by atoms with E-state index in [9.17, 15) is 4.79 Å². The molecule has 1 nitrogen and oxygen atoms in total. The molecule has 0 saturated carbocycles. The highest BCUT2D eigenvalue weighted by Gasteiger charge is 1.97. The minimum Gasteiger partial charge on any atom is -0.289 e. The summed E-state index contributed by atoms with van der Waals surface area (Å²) < 4.78 is 0. The molecule has 0 radical (unpaired) electrons. The van der Waals surface area contributed by atoms with E-state index in [2.05, 4.69) is 0 Å². The van der Waals surface area contributed by atoms with Gasteiger partial charge in [-0.2, -0.15) is 0 Å². The Kier molecular flexibility index (Phi) is 3.11. The number of carbonyl (C=O) groups is 1. The summed E-state index contributed by atoms with van der Waals surface area (Å²) in [6.45, 7) is 0. The number of allylic oxidation sites excluding steroid dienone is 4. The average Bonchev–Trinajstić information content (AvgIpc) is 2.76. The van der Waals surface area contributed by atoms with Gasteiger partial charge >= 0.3 is 0 Å². The number of rotatable bonds is 2. The molecular formula is C11H10OS2. The summed E-state index contributed by atoms with van der Waals surface area (Å²) >= 11 is 0. The van der Waals surface area contributed by atoms with Gasteiger partial charge in [0, 0.05) is 10.7 Å². The van der Waals surface area contributed by atoms with E-state index in [1.807, 2.05) is 45.9 Å². The van der Waals surface area contributed by atoms with Crippen molar-refractivity contribution in [1.29, 1.82) is 0 Å². The number of ketones is 1. The van der Waals surface area contributed by atoms with Crippen LogP contribution in [0, 0.1) is 0 Å². The summed E-state index contributed by atoms with van der Waals surface area (Å²) in [7, 11) is -0.136. The van der Waals surface area contributed by atoms with Gasteiger partial charge in [0.05, 0.1) is 0 Å². The Hall–Kier alpha value is -0.930. The second kappa shape index (κ2) is 4.53. The maximum atomic E-state index is 11.5. The van der Waals surface area contributed by atoms with Crippen molar-refractivity contribution in [3.63, 3.8) is 0 Å². The molecule has 0 spiro atoms. The van der Waals surface area contributed by atoms with E-state index in [0.29, 0.717) is 0 Å². The molecule has 0 amide bonds. The lowest BCUT2D eigenvalue weighted by Gasteiger charge is -1.91. The normalized spacial score (nSPS) is 19.4. The molecule has 2 aliphatic rings. The zero-order valence-corrected chi connectivity index (χ0v) is 9.13. The molecule has 0 bridgehead atoms. The van der Waals surface area contributed by atoms with Crippen LogP contribution >= 0.6 is 21.0 Å². The Morgan fingerprint density at radius 2 is 1.14 bits per heavy atom. The summed E-state index contributed by atoms with van der Waals surface area (Å²) in [5.41, 5.74) is 0. The summed E-state index contributed by atoms with van der Waals surface area (Å²) in [5.74, 6) is 0.129. The Bertz CT molecular complexity index is 366. The molecule has 0 N–H and O–H groups in total. The molecule has 0 saturated heterocycles. The molecular weight excluding hydrogens is 212 g/mol. The van der Waals surface area contributed by atoms with Crippen LogP contribution in [0.1, 0.15) is 0 Å². The maximum Gasteiger partial charge on any atom is 0.190 e. The molecule has 72 valence electrons. The molecule has 2 heterocycles. The highest BCUT2D eigenvalue weighted by Crippen LogP contribution is 2.22. The summed E-state index contributed by atoms with van der Waals surface area (Å²) in [6.07, 6.45) is 7.91. The molecule has 3 heteroatoms. The van der Waals surface area contributed by atoms with E-state index in [4.69, 9.17) is 0 Å². The lowest BCUT2D eigenvalue weighted by Crippen LogP contribution is -1.98. The zero-order valence-electron chi connectivity index (χ0n) is 7.50. The quantitative estimate of drug-likeness (QED) is 0.657. The molecule has 14 heavy (non-hydrogen) atoms. The van der Waals surface area contributed by atoms with E-state index in [-0.39, 0.29) is 26.8 Å². The van der Waals surface area contributed by atoms with Crippen LogP contribution in [0.5, 0.6) is 0 Å². The van der Waals surface area contributed by atoms with E-state index >= 15 is 0 Å². The standard InChI is InChI=1S/C11H10OS2/c12-11(9-13-5-1-2-6-13)10-14-7-3-4-8-14/h1-10H. The van der Waals surface area contributed by atoms with Gasteiger partial charge in [-0.15, -0.1) is 21.0 Å². The average molecular weight is 222 g/mol. The smallest absolute Gasteiger partial charge is 0.190 e. The molecule has 0 aromatic carbocycles. The van der Waals surface area contributed by atoms with Crippen LogP contribution in [0.2, 0.25) is 0 Å². The van der Waals surface area contributed by atoms with Crippen LogP contribution in [0.4, 0.5) is 0 Å². The van der Waals surface area contributed by atoms with E-state index in [0.717, 1.165) is 0 Å². The molecule has 2 aliphatic heterocycles. The van der Waals surface area contributed by atoms with Gasteiger partial charge in [0.15, 0.2) is 5.78 Å². The van der Waals surface area contributed by atoms with Crippen LogP contribution in [-0.4, -0.2) is 16.5 Å². The highest BCUT2D eigenvalue weighted by atomic mass is 32.2. The number of carbonyl (C=O) groups excluding carboxylic acids is 1.